The van der Waals surface area contributed by atoms with Crippen LogP contribution in [0.15, 0.2) is 22.7 Å². The fourth-order valence-corrected chi connectivity index (χ4v) is 3.62. The number of rotatable bonds is 4. The van der Waals surface area contributed by atoms with Crippen LogP contribution in [-0.2, 0) is 10.0 Å². The van der Waals surface area contributed by atoms with Crippen LogP contribution < -0.4 is 4.72 Å². The topological polar surface area (TPSA) is 46.2 Å². The molecule has 16 heavy (non-hydrogen) atoms. The summed E-state index contributed by atoms with van der Waals surface area (Å²) in [5, 5.41) is 0. The first-order chi connectivity index (χ1) is 7.46. The minimum Gasteiger partial charge on any atom is -0.283 e. The third-order valence-corrected chi connectivity index (χ3v) is 4.54. The maximum atomic E-state index is 11.8. The van der Waals surface area contributed by atoms with Crippen LogP contribution in [0.1, 0.15) is 18.4 Å². The van der Waals surface area contributed by atoms with Gasteiger partial charge in [-0.3, -0.25) is 4.72 Å². The third kappa shape index (κ3) is 3.22. The molecule has 2 rings (SSSR count). The van der Waals surface area contributed by atoms with Crippen molar-refractivity contribution in [2.45, 2.75) is 19.8 Å². The smallest absolute Gasteiger partial charge is 0.233 e. The molecule has 5 heteroatoms. The van der Waals surface area contributed by atoms with Crippen LogP contribution in [0.3, 0.4) is 0 Å². The molecule has 0 amide bonds. The molecule has 0 heterocycles. The van der Waals surface area contributed by atoms with Crippen LogP contribution in [0.4, 0.5) is 5.69 Å². The molecule has 1 fully saturated rings. The van der Waals surface area contributed by atoms with Crippen molar-refractivity contribution >= 4 is 31.6 Å². The van der Waals surface area contributed by atoms with E-state index >= 15 is 0 Å². The van der Waals surface area contributed by atoms with Gasteiger partial charge < -0.3 is 0 Å². The molecule has 1 aliphatic rings. The second kappa shape index (κ2) is 4.37. The number of benzene rings is 1. The zero-order valence-corrected chi connectivity index (χ0v) is 11.4. The van der Waals surface area contributed by atoms with Gasteiger partial charge in [-0.25, -0.2) is 8.42 Å². The van der Waals surface area contributed by atoms with E-state index in [4.69, 9.17) is 0 Å². The number of sulfonamides is 1. The average Bonchev–Trinajstić information content (AvgIpc) is 2.93. The monoisotopic (exact) mass is 303 g/mol. The summed E-state index contributed by atoms with van der Waals surface area (Å²) in [6.07, 6.45) is 2.08. The number of aryl methyl sites for hydroxylation is 1. The summed E-state index contributed by atoms with van der Waals surface area (Å²) in [4.78, 5) is 0. The maximum Gasteiger partial charge on any atom is 0.233 e. The minimum absolute atomic E-state index is 0.252. The molecule has 1 saturated carbocycles. The summed E-state index contributed by atoms with van der Waals surface area (Å²) >= 11 is 3.35. The summed E-state index contributed by atoms with van der Waals surface area (Å²) in [7, 11) is -3.17. The Morgan fingerprint density at radius 2 is 2.12 bits per heavy atom. The number of halogens is 1. The molecular formula is C11H14BrNO2S. The molecule has 0 radical (unpaired) electrons. The average molecular weight is 304 g/mol. The number of hydrogen-bond acceptors (Lipinski definition) is 2. The molecule has 0 aromatic heterocycles. The molecule has 0 bridgehead atoms. The Bertz CT molecular complexity index is 495. The van der Waals surface area contributed by atoms with E-state index in [1.54, 1.807) is 6.07 Å². The number of nitrogens with one attached hydrogen (secondary N) is 1. The van der Waals surface area contributed by atoms with Crippen LogP contribution in [-0.4, -0.2) is 14.2 Å². The lowest BCUT2D eigenvalue weighted by molar-refractivity contribution is 0.597. The normalized spacial score (nSPS) is 16.1. The summed E-state index contributed by atoms with van der Waals surface area (Å²) < 4.78 is 27.1. The lowest BCUT2D eigenvalue weighted by Gasteiger charge is -2.10. The zero-order chi connectivity index (χ0) is 11.8. The van der Waals surface area contributed by atoms with Gasteiger partial charge >= 0.3 is 0 Å². The quantitative estimate of drug-likeness (QED) is 0.929. The van der Waals surface area contributed by atoms with Crippen molar-refractivity contribution in [1.82, 2.24) is 0 Å². The first kappa shape index (κ1) is 11.9. The van der Waals surface area contributed by atoms with E-state index in [0.29, 0.717) is 11.6 Å². The van der Waals surface area contributed by atoms with E-state index in [1.165, 1.54) is 0 Å². The first-order valence-corrected chi connectivity index (χ1v) is 7.67. The van der Waals surface area contributed by atoms with Gasteiger partial charge in [-0.1, -0.05) is 15.9 Å². The molecule has 0 atom stereocenters. The lowest BCUT2D eigenvalue weighted by atomic mass is 10.2. The van der Waals surface area contributed by atoms with Crippen LogP contribution in [0.5, 0.6) is 0 Å². The Kier molecular flexibility index (Phi) is 3.26. The first-order valence-electron chi connectivity index (χ1n) is 5.23. The molecule has 1 aliphatic carbocycles. The Labute approximate surface area is 104 Å². The molecule has 1 aromatic rings. The van der Waals surface area contributed by atoms with Crippen molar-refractivity contribution in [3.63, 3.8) is 0 Å². The Hall–Kier alpha value is -0.550. The van der Waals surface area contributed by atoms with E-state index < -0.39 is 10.0 Å². The Morgan fingerprint density at radius 3 is 2.69 bits per heavy atom. The van der Waals surface area contributed by atoms with Gasteiger partial charge in [-0.15, -0.1) is 0 Å². The van der Waals surface area contributed by atoms with Crippen molar-refractivity contribution in [2.75, 3.05) is 10.5 Å². The van der Waals surface area contributed by atoms with Crippen LogP contribution in [0.25, 0.3) is 0 Å². The van der Waals surface area contributed by atoms with Gasteiger partial charge in [-0.2, -0.15) is 0 Å². The highest BCUT2D eigenvalue weighted by atomic mass is 79.9. The summed E-state index contributed by atoms with van der Waals surface area (Å²) in [6, 6.07) is 5.51. The van der Waals surface area contributed by atoms with Crippen molar-refractivity contribution in [2.24, 2.45) is 5.92 Å². The van der Waals surface area contributed by atoms with Gasteiger partial charge in [0.15, 0.2) is 0 Å². The molecule has 0 unspecified atom stereocenters. The Morgan fingerprint density at radius 1 is 1.44 bits per heavy atom. The van der Waals surface area contributed by atoms with Crippen LogP contribution in [0, 0.1) is 12.8 Å². The molecule has 3 nitrogen and oxygen atoms in total. The second-order valence-electron chi connectivity index (χ2n) is 4.29. The van der Waals surface area contributed by atoms with Crippen molar-refractivity contribution in [3.05, 3.63) is 28.2 Å². The van der Waals surface area contributed by atoms with Crippen molar-refractivity contribution < 1.29 is 8.42 Å². The second-order valence-corrected chi connectivity index (χ2v) is 6.97. The summed E-state index contributed by atoms with van der Waals surface area (Å²) in [5.41, 5.74) is 1.59. The summed E-state index contributed by atoms with van der Waals surface area (Å²) in [6.45, 7) is 1.89. The highest BCUT2D eigenvalue weighted by Gasteiger charge is 2.28. The maximum absolute atomic E-state index is 11.8. The minimum atomic E-state index is -3.17. The van der Waals surface area contributed by atoms with Crippen molar-refractivity contribution in [3.8, 4) is 0 Å². The molecular weight excluding hydrogens is 290 g/mol. The lowest BCUT2D eigenvalue weighted by Crippen LogP contribution is -2.18. The largest absolute Gasteiger partial charge is 0.283 e. The molecule has 0 aliphatic heterocycles. The van der Waals surface area contributed by atoms with E-state index in [9.17, 15) is 8.42 Å². The van der Waals surface area contributed by atoms with E-state index in [0.717, 1.165) is 22.9 Å². The predicted molar refractivity (Wildman–Crippen MR) is 69.0 cm³/mol. The molecule has 1 aromatic carbocycles. The van der Waals surface area contributed by atoms with E-state index in [-0.39, 0.29) is 5.75 Å². The fourth-order valence-electron chi connectivity index (χ4n) is 1.55. The van der Waals surface area contributed by atoms with Gasteiger partial charge in [0.2, 0.25) is 10.0 Å². The summed E-state index contributed by atoms with van der Waals surface area (Å²) in [5.74, 6) is 0.621. The number of anilines is 1. The van der Waals surface area contributed by atoms with E-state index in [2.05, 4.69) is 20.7 Å². The van der Waals surface area contributed by atoms with E-state index in [1.807, 2.05) is 19.1 Å². The van der Waals surface area contributed by atoms with Gasteiger partial charge in [-0.05, 0) is 49.4 Å². The number of hydrogen-bond donors (Lipinski definition) is 1. The van der Waals surface area contributed by atoms with Gasteiger partial charge in [0, 0.05) is 4.47 Å². The van der Waals surface area contributed by atoms with Crippen molar-refractivity contribution in [1.29, 1.82) is 0 Å². The van der Waals surface area contributed by atoms with Gasteiger partial charge in [0.25, 0.3) is 0 Å². The highest BCUT2D eigenvalue weighted by molar-refractivity contribution is 9.10. The molecule has 1 N–H and O–H groups in total. The molecule has 0 spiro atoms. The van der Waals surface area contributed by atoms with Crippen LogP contribution >= 0.6 is 15.9 Å². The van der Waals surface area contributed by atoms with Crippen LogP contribution in [0.2, 0.25) is 0 Å². The van der Waals surface area contributed by atoms with Gasteiger partial charge in [0.05, 0.1) is 11.4 Å². The third-order valence-electron chi connectivity index (χ3n) is 2.61. The standard InChI is InChI=1S/C11H14BrNO2S/c1-8-6-10(12)4-5-11(8)13-16(14,15)7-9-2-3-9/h4-6,9,13H,2-3,7H2,1H3. The SMILES string of the molecule is Cc1cc(Br)ccc1NS(=O)(=O)CC1CC1. The van der Waals surface area contributed by atoms with Gasteiger partial charge in [0.1, 0.15) is 0 Å². The zero-order valence-electron chi connectivity index (χ0n) is 9.03. The fraction of sp³-hybridized carbons (Fsp3) is 0.455. The highest BCUT2D eigenvalue weighted by Crippen LogP contribution is 2.31. The predicted octanol–water partition coefficient (Wildman–Crippen LogP) is 2.91. The Balaban J connectivity index is 2.13. The molecule has 0 saturated heterocycles. The molecule has 88 valence electrons.